The minimum atomic E-state index is -3.40. The quantitative estimate of drug-likeness (QED) is 0.895. The van der Waals surface area contributed by atoms with E-state index >= 15 is 0 Å². The predicted molar refractivity (Wildman–Crippen MR) is 73.2 cm³/mol. The maximum absolute atomic E-state index is 12.2. The summed E-state index contributed by atoms with van der Waals surface area (Å²) in [7, 11) is -3.40. The number of hydrogen-bond acceptors (Lipinski definition) is 2. The summed E-state index contributed by atoms with van der Waals surface area (Å²) in [6.45, 7) is 5.55. The summed E-state index contributed by atoms with van der Waals surface area (Å²) in [6.07, 6.45) is 4.43. The van der Waals surface area contributed by atoms with Crippen molar-refractivity contribution in [3.8, 4) is 0 Å². The van der Waals surface area contributed by atoms with Gasteiger partial charge < -0.3 is 0 Å². The minimum absolute atomic E-state index is 0.387. The lowest BCUT2D eigenvalue weighted by Crippen LogP contribution is -2.40. The lowest BCUT2D eigenvalue weighted by atomic mass is 9.92. The molecule has 1 N–H and O–H groups in total. The van der Waals surface area contributed by atoms with Gasteiger partial charge in [0, 0.05) is 5.54 Å². The Balaban J connectivity index is 2.34. The van der Waals surface area contributed by atoms with E-state index in [1.807, 2.05) is 32.9 Å². The number of hydrogen-bond donors (Lipinski definition) is 1. The van der Waals surface area contributed by atoms with Crippen molar-refractivity contribution >= 4 is 10.0 Å². The molecule has 0 saturated heterocycles. The summed E-state index contributed by atoms with van der Waals surface area (Å²) < 4.78 is 27.1. The molecule has 1 aromatic rings. The Morgan fingerprint density at radius 3 is 2.28 bits per heavy atom. The van der Waals surface area contributed by atoms with Gasteiger partial charge in [0.1, 0.15) is 0 Å². The molecule has 0 spiro atoms. The molecule has 1 aromatic carbocycles. The first kappa shape index (κ1) is 13.6. The summed E-state index contributed by atoms with van der Waals surface area (Å²) in [5, 5.41) is 0. The van der Waals surface area contributed by atoms with Crippen molar-refractivity contribution < 1.29 is 8.42 Å². The van der Waals surface area contributed by atoms with E-state index in [0.717, 1.165) is 19.3 Å². The molecule has 0 atom stereocenters. The number of sulfonamides is 1. The van der Waals surface area contributed by atoms with Crippen molar-refractivity contribution in [3.05, 3.63) is 29.3 Å². The van der Waals surface area contributed by atoms with Gasteiger partial charge in [-0.2, -0.15) is 0 Å². The highest BCUT2D eigenvalue weighted by molar-refractivity contribution is 7.89. The van der Waals surface area contributed by atoms with Crippen molar-refractivity contribution in [1.29, 1.82) is 0 Å². The average Bonchev–Trinajstić information content (AvgIpc) is 2.25. The Kier molecular flexibility index (Phi) is 3.52. The molecule has 0 radical (unpaired) electrons. The number of fused-ring (bicyclic) bond motifs is 1. The SMILES string of the molecule is CC(C)(C)NS(=O)(=O)c1ccc2c(c1)CCCC2. The van der Waals surface area contributed by atoms with Gasteiger partial charge in [0.05, 0.1) is 4.90 Å². The summed E-state index contributed by atoms with van der Waals surface area (Å²) in [6, 6.07) is 5.52. The Hall–Kier alpha value is -0.870. The molecule has 0 aromatic heterocycles. The smallest absolute Gasteiger partial charge is 0.207 e. The fourth-order valence-corrected chi connectivity index (χ4v) is 3.81. The number of nitrogens with one attached hydrogen (secondary N) is 1. The Morgan fingerprint density at radius 1 is 1.06 bits per heavy atom. The Bertz CT molecular complexity index is 541. The summed E-state index contributed by atoms with van der Waals surface area (Å²) >= 11 is 0. The standard InChI is InChI=1S/C14H21NO2S/c1-14(2,3)15-18(16,17)13-9-8-11-6-4-5-7-12(11)10-13/h8-10,15H,4-7H2,1-3H3. The second kappa shape index (κ2) is 4.67. The summed E-state index contributed by atoms with van der Waals surface area (Å²) in [5.41, 5.74) is 2.04. The lowest BCUT2D eigenvalue weighted by Gasteiger charge is -2.22. The lowest BCUT2D eigenvalue weighted by molar-refractivity contribution is 0.491. The molecule has 0 fully saturated rings. The van der Waals surface area contributed by atoms with E-state index in [4.69, 9.17) is 0 Å². The van der Waals surface area contributed by atoms with Crippen LogP contribution in [0.1, 0.15) is 44.7 Å². The third-order valence-electron chi connectivity index (χ3n) is 3.07. The van der Waals surface area contributed by atoms with E-state index < -0.39 is 15.6 Å². The highest BCUT2D eigenvalue weighted by Crippen LogP contribution is 2.24. The van der Waals surface area contributed by atoms with Gasteiger partial charge in [-0.15, -0.1) is 0 Å². The molecule has 1 aliphatic carbocycles. The number of benzene rings is 1. The van der Waals surface area contributed by atoms with Crippen LogP contribution in [0.15, 0.2) is 23.1 Å². The van der Waals surface area contributed by atoms with Crippen LogP contribution >= 0.6 is 0 Å². The first-order valence-corrected chi connectivity index (χ1v) is 7.92. The van der Waals surface area contributed by atoms with Crippen LogP contribution < -0.4 is 4.72 Å². The van der Waals surface area contributed by atoms with E-state index in [9.17, 15) is 8.42 Å². The van der Waals surface area contributed by atoms with E-state index in [1.54, 1.807) is 6.07 Å². The number of rotatable bonds is 2. The monoisotopic (exact) mass is 267 g/mol. The first-order chi connectivity index (χ1) is 8.28. The normalized spacial score (nSPS) is 16.4. The molecule has 0 unspecified atom stereocenters. The minimum Gasteiger partial charge on any atom is -0.207 e. The van der Waals surface area contributed by atoms with Gasteiger partial charge in [0.2, 0.25) is 10.0 Å². The molecule has 18 heavy (non-hydrogen) atoms. The highest BCUT2D eigenvalue weighted by Gasteiger charge is 2.23. The molecule has 1 aliphatic rings. The van der Waals surface area contributed by atoms with Gasteiger partial charge in [0.15, 0.2) is 0 Å². The number of aryl methyl sites for hydroxylation is 2. The topological polar surface area (TPSA) is 46.2 Å². The van der Waals surface area contributed by atoms with Crippen molar-refractivity contribution in [2.75, 3.05) is 0 Å². The average molecular weight is 267 g/mol. The van der Waals surface area contributed by atoms with Crippen molar-refractivity contribution in [2.24, 2.45) is 0 Å². The molecule has 0 aliphatic heterocycles. The van der Waals surface area contributed by atoms with Gasteiger partial charge in [-0.05, 0) is 69.7 Å². The largest absolute Gasteiger partial charge is 0.241 e. The third kappa shape index (κ3) is 3.12. The second-order valence-electron chi connectivity index (χ2n) is 5.99. The van der Waals surface area contributed by atoms with Crippen LogP contribution in [0.25, 0.3) is 0 Å². The third-order valence-corrected chi connectivity index (χ3v) is 4.83. The zero-order valence-electron chi connectivity index (χ0n) is 11.3. The molecule has 0 bridgehead atoms. The van der Waals surface area contributed by atoms with Crippen LogP contribution in [0.5, 0.6) is 0 Å². The van der Waals surface area contributed by atoms with Gasteiger partial charge in [-0.1, -0.05) is 6.07 Å². The summed E-state index contributed by atoms with van der Waals surface area (Å²) in [4.78, 5) is 0.387. The molecular formula is C14H21NO2S. The van der Waals surface area contributed by atoms with Crippen LogP contribution in [0.4, 0.5) is 0 Å². The van der Waals surface area contributed by atoms with E-state index in [-0.39, 0.29) is 0 Å². The van der Waals surface area contributed by atoms with Crippen LogP contribution in [0, 0.1) is 0 Å². The van der Waals surface area contributed by atoms with E-state index in [1.165, 1.54) is 17.5 Å². The van der Waals surface area contributed by atoms with Gasteiger partial charge >= 0.3 is 0 Å². The van der Waals surface area contributed by atoms with Crippen molar-refractivity contribution in [2.45, 2.75) is 56.9 Å². The van der Waals surface area contributed by atoms with Crippen LogP contribution in [0.2, 0.25) is 0 Å². The predicted octanol–water partition coefficient (Wildman–Crippen LogP) is 2.64. The van der Waals surface area contributed by atoms with E-state index in [2.05, 4.69) is 4.72 Å². The molecule has 4 heteroatoms. The molecule has 0 heterocycles. The Labute approximate surface area is 110 Å². The van der Waals surface area contributed by atoms with Crippen LogP contribution in [-0.4, -0.2) is 14.0 Å². The highest BCUT2D eigenvalue weighted by atomic mass is 32.2. The molecule has 100 valence electrons. The molecule has 3 nitrogen and oxygen atoms in total. The molecule has 0 amide bonds. The summed E-state index contributed by atoms with van der Waals surface area (Å²) in [5.74, 6) is 0. The fraction of sp³-hybridized carbons (Fsp3) is 0.571. The van der Waals surface area contributed by atoms with Crippen LogP contribution in [-0.2, 0) is 22.9 Å². The fourth-order valence-electron chi connectivity index (χ4n) is 2.34. The molecule has 0 saturated carbocycles. The van der Waals surface area contributed by atoms with Gasteiger partial charge in [-0.3, -0.25) is 0 Å². The Morgan fingerprint density at radius 2 is 1.67 bits per heavy atom. The van der Waals surface area contributed by atoms with E-state index in [0.29, 0.717) is 4.90 Å². The maximum atomic E-state index is 12.2. The van der Waals surface area contributed by atoms with Gasteiger partial charge in [0.25, 0.3) is 0 Å². The zero-order valence-corrected chi connectivity index (χ0v) is 12.1. The van der Waals surface area contributed by atoms with Crippen molar-refractivity contribution in [1.82, 2.24) is 4.72 Å². The van der Waals surface area contributed by atoms with Gasteiger partial charge in [-0.25, -0.2) is 13.1 Å². The second-order valence-corrected chi connectivity index (χ2v) is 7.68. The first-order valence-electron chi connectivity index (χ1n) is 6.44. The maximum Gasteiger partial charge on any atom is 0.241 e. The molecule has 2 rings (SSSR count). The van der Waals surface area contributed by atoms with Crippen molar-refractivity contribution in [3.63, 3.8) is 0 Å². The van der Waals surface area contributed by atoms with Crippen LogP contribution in [0.3, 0.4) is 0 Å². The zero-order chi connectivity index (χ0) is 13.4. The molecular weight excluding hydrogens is 246 g/mol.